The van der Waals surface area contributed by atoms with Crippen LogP contribution in [0.15, 0.2) is 66.7 Å². The van der Waals surface area contributed by atoms with E-state index in [2.05, 4.69) is 6.07 Å². The Morgan fingerprint density at radius 3 is 2.71 bits per heavy atom. The van der Waals surface area contributed by atoms with Crippen LogP contribution in [0.25, 0.3) is 0 Å². The summed E-state index contributed by atoms with van der Waals surface area (Å²) in [6.45, 7) is 0.428. The molecule has 1 saturated heterocycles. The largest absolute Gasteiger partial charge is 0.457 e. The number of carbonyl (C=O) groups is 2. The summed E-state index contributed by atoms with van der Waals surface area (Å²) in [6, 6.07) is 21.0. The molecular weight excluding hydrogens is 414 g/mol. The molecule has 1 aliphatic heterocycles. The number of benzene rings is 3. The van der Waals surface area contributed by atoms with Gasteiger partial charge in [-0.25, -0.2) is 0 Å². The number of nitrogens with two attached hydrogens (primary N) is 1. The molecule has 2 amide bonds. The molecule has 3 aromatic rings. The minimum atomic E-state index is -0.543. The molecule has 3 aromatic carbocycles. The van der Waals surface area contributed by atoms with Crippen LogP contribution in [0.3, 0.4) is 0 Å². The standard InChI is InChI=1S/C24H18ClN3O3/c25-18-7-8-21(22(12-18)31-20-6-1-3-15(9-20)13-26)17-11-23(29)28(14-17)19-5-2-4-16(10-19)24(27)30/h1-10,12,17H,11,14H2,(H2,27,30)/t17-/m0/s1. The first-order valence-electron chi connectivity index (χ1n) is 9.62. The molecule has 0 saturated carbocycles. The highest BCUT2D eigenvalue weighted by molar-refractivity contribution is 6.30. The molecule has 0 radical (unpaired) electrons. The number of anilines is 1. The van der Waals surface area contributed by atoms with Crippen LogP contribution in [-0.2, 0) is 4.79 Å². The number of nitrogens with zero attached hydrogens (tertiary/aromatic N) is 2. The number of hydrogen-bond donors (Lipinski definition) is 1. The van der Waals surface area contributed by atoms with Gasteiger partial charge in [0, 0.05) is 40.7 Å². The van der Waals surface area contributed by atoms with Gasteiger partial charge in [-0.1, -0.05) is 29.8 Å². The van der Waals surface area contributed by atoms with Crippen LogP contribution in [0.2, 0.25) is 5.02 Å². The fourth-order valence-electron chi connectivity index (χ4n) is 3.68. The SMILES string of the molecule is N#Cc1cccc(Oc2cc(Cl)ccc2[C@H]2CC(=O)N(c3cccc(C(N)=O)c3)C2)c1. The molecule has 1 heterocycles. The highest BCUT2D eigenvalue weighted by Gasteiger charge is 2.33. The third-order valence-electron chi connectivity index (χ3n) is 5.17. The van der Waals surface area contributed by atoms with Gasteiger partial charge in [-0.3, -0.25) is 9.59 Å². The molecule has 1 fully saturated rings. The Morgan fingerprint density at radius 2 is 1.94 bits per heavy atom. The zero-order chi connectivity index (χ0) is 22.0. The second-order valence-corrected chi connectivity index (χ2v) is 7.68. The average molecular weight is 432 g/mol. The van der Waals surface area contributed by atoms with Gasteiger partial charge in [0.2, 0.25) is 11.8 Å². The van der Waals surface area contributed by atoms with E-state index in [-0.39, 0.29) is 18.2 Å². The number of ether oxygens (including phenoxy) is 1. The Kier molecular flexibility index (Phi) is 5.61. The van der Waals surface area contributed by atoms with Crippen LogP contribution in [-0.4, -0.2) is 18.4 Å². The monoisotopic (exact) mass is 431 g/mol. The predicted molar refractivity (Wildman–Crippen MR) is 117 cm³/mol. The van der Waals surface area contributed by atoms with E-state index < -0.39 is 5.91 Å². The summed E-state index contributed by atoms with van der Waals surface area (Å²) in [4.78, 5) is 25.9. The molecule has 0 bridgehead atoms. The van der Waals surface area contributed by atoms with E-state index in [1.165, 1.54) is 0 Å². The molecule has 31 heavy (non-hydrogen) atoms. The lowest BCUT2D eigenvalue weighted by Gasteiger charge is -2.19. The number of nitriles is 1. The summed E-state index contributed by atoms with van der Waals surface area (Å²) >= 11 is 6.20. The van der Waals surface area contributed by atoms with Crippen molar-refractivity contribution in [1.82, 2.24) is 0 Å². The van der Waals surface area contributed by atoms with E-state index in [0.29, 0.717) is 39.9 Å². The Morgan fingerprint density at radius 1 is 1.13 bits per heavy atom. The molecule has 0 unspecified atom stereocenters. The zero-order valence-electron chi connectivity index (χ0n) is 16.4. The van der Waals surface area contributed by atoms with Crippen molar-refractivity contribution in [2.45, 2.75) is 12.3 Å². The molecule has 1 aliphatic rings. The zero-order valence-corrected chi connectivity index (χ0v) is 17.2. The lowest BCUT2D eigenvalue weighted by Crippen LogP contribution is -2.24. The van der Waals surface area contributed by atoms with E-state index in [9.17, 15) is 9.59 Å². The fourth-order valence-corrected chi connectivity index (χ4v) is 3.84. The lowest BCUT2D eigenvalue weighted by atomic mass is 9.97. The summed E-state index contributed by atoms with van der Waals surface area (Å²) < 4.78 is 6.05. The first kappa shape index (κ1) is 20.5. The van der Waals surface area contributed by atoms with Gasteiger partial charge in [0.1, 0.15) is 11.5 Å². The number of rotatable bonds is 5. The summed E-state index contributed by atoms with van der Waals surface area (Å²) in [6.07, 6.45) is 0.289. The van der Waals surface area contributed by atoms with E-state index in [1.807, 2.05) is 6.07 Å². The lowest BCUT2D eigenvalue weighted by molar-refractivity contribution is -0.117. The molecular formula is C24H18ClN3O3. The number of carbonyl (C=O) groups excluding carboxylic acids is 2. The molecule has 1 atom stereocenters. The summed E-state index contributed by atoms with van der Waals surface area (Å²) in [5.74, 6) is 0.319. The maximum atomic E-state index is 12.8. The molecule has 0 aromatic heterocycles. The average Bonchev–Trinajstić information content (AvgIpc) is 3.15. The molecule has 0 spiro atoms. The van der Waals surface area contributed by atoms with Crippen molar-refractivity contribution >= 4 is 29.1 Å². The van der Waals surface area contributed by atoms with E-state index >= 15 is 0 Å². The smallest absolute Gasteiger partial charge is 0.248 e. The Hall–Kier alpha value is -3.82. The van der Waals surface area contributed by atoms with Crippen molar-refractivity contribution in [3.63, 3.8) is 0 Å². The van der Waals surface area contributed by atoms with E-state index in [4.69, 9.17) is 27.3 Å². The molecule has 2 N–H and O–H groups in total. The highest BCUT2D eigenvalue weighted by Crippen LogP contribution is 2.39. The number of primary amides is 1. The van der Waals surface area contributed by atoms with Crippen molar-refractivity contribution in [1.29, 1.82) is 5.26 Å². The second-order valence-electron chi connectivity index (χ2n) is 7.24. The quantitative estimate of drug-likeness (QED) is 0.637. The van der Waals surface area contributed by atoms with Gasteiger partial charge in [-0.2, -0.15) is 5.26 Å². The minimum absolute atomic E-state index is 0.0565. The molecule has 4 rings (SSSR count). The van der Waals surface area contributed by atoms with Gasteiger partial charge in [0.25, 0.3) is 0 Å². The number of halogens is 1. The Labute approximate surface area is 184 Å². The molecule has 7 heteroatoms. The maximum absolute atomic E-state index is 12.8. The minimum Gasteiger partial charge on any atom is -0.457 e. The van der Waals surface area contributed by atoms with Crippen molar-refractivity contribution in [3.05, 3.63) is 88.4 Å². The van der Waals surface area contributed by atoms with E-state index in [0.717, 1.165) is 5.56 Å². The third kappa shape index (κ3) is 4.37. The van der Waals surface area contributed by atoms with Crippen molar-refractivity contribution in [2.24, 2.45) is 5.73 Å². The first-order valence-corrected chi connectivity index (χ1v) is 10.00. The van der Waals surface area contributed by atoms with Gasteiger partial charge >= 0.3 is 0 Å². The molecule has 154 valence electrons. The van der Waals surface area contributed by atoms with Crippen molar-refractivity contribution in [2.75, 3.05) is 11.4 Å². The maximum Gasteiger partial charge on any atom is 0.248 e. The first-order chi connectivity index (χ1) is 14.9. The highest BCUT2D eigenvalue weighted by atomic mass is 35.5. The summed E-state index contributed by atoms with van der Waals surface area (Å²) in [7, 11) is 0. The predicted octanol–water partition coefficient (Wildman–Crippen LogP) is 4.62. The van der Waals surface area contributed by atoms with Crippen LogP contribution in [0, 0.1) is 11.3 Å². The fraction of sp³-hybridized carbons (Fsp3) is 0.125. The van der Waals surface area contributed by atoms with Crippen LogP contribution >= 0.6 is 11.6 Å². The summed E-state index contributed by atoms with van der Waals surface area (Å²) in [5, 5.41) is 9.63. The van der Waals surface area contributed by atoms with Crippen molar-refractivity contribution < 1.29 is 14.3 Å². The Balaban J connectivity index is 1.63. The van der Waals surface area contributed by atoms with Crippen LogP contribution in [0.1, 0.15) is 33.8 Å². The van der Waals surface area contributed by atoms with Crippen LogP contribution < -0.4 is 15.4 Å². The van der Waals surface area contributed by atoms with Gasteiger partial charge in [0.15, 0.2) is 0 Å². The van der Waals surface area contributed by atoms with Gasteiger partial charge in [0.05, 0.1) is 11.6 Å². The van der Waals surface area contributed by atoms with Gasteiger partial charge < -0.3 is 15.4 Å². The van der Waals surface area contributed by atoms with Gasteiger partial charge in [-0.15, -0.1) is 0 Å². The third-order valence-corrected chi connectivity index (χ3v) is 5.41. The second kappa shape index (κ2) is 8.50. The van der Waals surface area contributed by atoms with Crippen LogP contribution in [0.4, 0.5) is 5.69 Å². The van der Waals surface area contributed by atoms with Gasteiger partial charge in [-0.05, 0) is 48.5 Å². The van der Waals surface area contributed by atoms with Crippen LogP contribution in [0.5, 0.6) is 11.5 Å². The molecule has 0 aliphatic carbocycles. The van der Waals surface area contributed by atoms with Crippen molar-refractivity contribution in [3.8, 4) is 17.6 Å². The van der Waals surface area contributed by atoms with E-state index in [1.54, 1.807) is 65.6 Å². The Bertz CT molecular complexity index is 1220. The normalized spacial score (nSPS) is 15.5. The summed E-state index contributed by atoms with van der Waals surface area (Å²) in [5.41, 5.74) is 7.67. The molecule has 6 nitrogen and oxygen atoms in total. The number of amides is 2. The number of hydrogen-bond acceptors (Lipinski definition) is 4. The topological polar surface area (TPSA) is 96.4 Å².